The molecule has 1 N–H and O–H groups in total. The Morgan fingerprint density at radius 1 is 1.24 bits per heavy atom. The molecule has 0 unspecified atom stereocenters. The number of thioether (sulfide) groups is 1. The summed E-state index contributed by atoms with van der Waals surface area (Å²) in [6, 6.07) is 11.8. The Balaban J connectivity index is 2.35. The fourth-order valence-corrected chi connectivity index (χ4v) is 2.34. The Labute approximate surface area is 126 Å². The number of hydrogen-bond acceptors (Lipinski definition) is 4. The van der Waals surface area contributed by atoms with Crippen molar-refractivity contribution in [2.75, 3.05) is 11.6 Å². The second-order valence-electron chi connectivity index (χ2n) is 4.46. The minimum atomic E-state index is -0.546. The van der Waals surface area contributed by atoms with E-state index in [0.717, 1.165) is 10.5 Å². The molecule has 0 saturated heterocycles. The molecule has 0 saturated carbocycles. The summed E-state index contributed by atoms with van der Waals surface area (Å²) in [4.78, 5) is 23.6. The number of benzene rings is 2. The average Bonchev–Trinajstić information content (AvgIpc) is 2.46. The van der Waals surface area contributed by atoms with Crippen molar-refractivity contribution in [2.45, 2.75) is 11.8 Å². The Morgan fingerprint density at radius 2 is 2.00 bits per heavy atom. The van der Waals surface area contributed by atoms with Gasteiger partial charge in [0.05, 0.1) is 4.92 Å². The lowest BCUT2D eigenvalue weighted by Gasteiger charge is -2.07. The Morgan fingerprint density at radius 3 is 2.62 bits per heavy atom. The van der Waals surface area contributed by atoms with E-state index < -0.39 is 10.8 Å². The maximum absolute atomic E-state index is 12.3. The maximum Gasteiger partial charge on any atom is 0.282 e. The highest BCUT2D eigenvalue weighted by atomic mass is 32.2. The van der Waals surface area contributed by atoms with Gasteiger partial charge in [-0.1, -0.05) is 12.1 Å². The molecule has 1 amide bonds. The Kier molecular flexibility index (Phi) is 4.59. The molecule has 0 heterocycles. The van der Waals surface area contributed by atoms with Gasteiger partial charge < -0.3 is 5.32 Å². The molecule has 0 spiro atoms. The van der Waals surface area contributed by atoms with Crippen molar-refractivity contribution in [1.82, 2.24) is 0 Å². The van der Waals surface area contributed by atoms with Crippen LogP contribution in [-0.2, 0) is 0 Å². The number of nitro benzene ring substituents is 1. The Bertz CT molecular complexity index is 701. The second-order valence-corrected chi connectivity index (χ2v) is 5.34. The lowest BCUT2D eigenvalue weighted by Crippen LogP contribution is -2.14. The molecule has 0 atom stereocenters. The summed E-state index contributed by atoms with van der Waals surface area (Å²) in [7, 11) is 0. The summed E-state index contributed by atoms with van der Waals surface area (Å²) >= 11 is 1.43. The van der Waals surface area contributed by atoms with E-state index in [1.54, 1.807) is 12.1 Å². The van der Waals surface area contributed by atoms with Gasteiger partial charge in [-0.3, -0.25) is 14.9 Å². The minimum Gasteiger partial charge on any atom is -0.322 e. The van der Waals surface area contributed by atoms with Crippen molar-refractivity contribution in [3.63, 3.8) is 0 Å². The summed E-state index contributed by atoms with van der Waals surface area (Å²) in [5.74, 6) is -0.483. The van der Waals surface area contributed by atoms with Gasteiger partial charge >= 0.3 is 0 Å². The topological polar surface area (TPSA) is 72.2 Å². The van der Waals surface area contributed by atoms with E-state index >= 15 is 0 Å². The van der Waals surface area contributed by atoms with Gasteiger partial charge in [0.25, 0.3) is 11.6 Å². The zero-order valence-electron chi connectivity index (χ0n) is 11.6. The molecule has 0 aromatic heterocycles. The van der Waals surface area contributed by atoms with Crippen LogP contribution in [0.1, 0.15) is 15.9 Å². The highest BCUT2D eigenvalue weighted by Crippen LogP contribution is 2.25. The summed E-state index contributed by atoms with van der Waals surface area (Å²) in [5.41, 5.74) is 1.48. The zero-order valence-corrected chi connectivity index (χ0v) is 12.4. The lowest BCUT2D eigenvalue weighted by atomic mass is 10.1. The molecule has 0 fully saturated rings. The number of nitrogens with zero attached hydrogens (tertiary/aromatic N) is 1. The molecule has 2 aromatic carbocycles. The van der Waals surface area contributed by atoms with Crippen LogP contribution in [0.15, 0.2) is 47.4 Å². The second kappa shape index (κ2) is 6.41. The molecular weight excluding hydrogens is 288 g/mol. The van der Waals surface area contributed by atoms with E-state index in [-0.39, 0.29) is 11.3 Å². The largest absolute Gasteiger partial charge is 0.322 e. The van der Waals surface area contributed by atoms with E-state index in [0.29, 0.717) is 5.69 Å². The van der Waals surface area contributed by atoms with Crippen molar-refractivity contribution in [3.8, 4) is 0 Å². The van der Waals surface area contributed by atoms with Gasteiger partial charge in [0, 0.05) is 16.6 Å². The standard InChI is InChI=1S/C15H14N2O3S/c1-10-4-3-5-11(8-10)16-15(18)13-9-12(21-2)6-7-14(13)17(19)20/h3-9H,1-2H3,(H,16,18). The van der Waals surface area contributed by atoms with Gasteiger partial charge in [0.1, 0.15) is 5.56 Å². The van der Waals surface area contributed by atoms with Crippen LogP contribution in [0.5, 0.6) is 0 Å². The molecule has 0 aliphatic carbocycles. The van der Waals surface area contributed by atoms with Crippen LogP contribution in [0.4, 0.5) is 11.4 Å². The van der Waals surface area contributed by atoms with E-state index in [9.17, 15) is 14.9 Å². The van der Waals surface area contributed by atoms with Crippen LogP contribution in [0.3, 0.4) is 0 Å². The number of rotatable bonds is 4. The van der Waals surface area contributed by atoms with Gasteiger partial charge in [-0.15, -0.1) is 11.8 Å². The first-order chi connectivity index (χ1) is 10.0. The summed E-state index contributed by atoms with van der Waals surface area (Å²) < 4.78 is 0. The molecule has 6 heteroatoms. The summed E-state index contributed by atoms with van der Waals surface area (Å²) in [5, 5.41) is 13.7. The SMILES string of the molecule is CSc1ccc([N+](=O)[O-])c(C(=O)Nc2cccc(C)c2)c1. The molecule has 2 rings (SSSR count). The average molecular weight is 302 g/mol. The number of amides is 1. The number of nitro groups is 1. The zero-order chi connectivity index (χ0) is 15.4. The third-order valence-electron chi connectivity index (χ3n) is 2.92. The van der Waals surface area contributed by atoms with Gasteiger partial charge in [-0.25, -0.2) is 0 Å². The Hall–Kier alpha value is -2.34. The van der Waals surface area contributed by atoms with Gasteiger partial charge in [-0.2, -0.15) is 0 Å². The summed E-state index contributed by atoms with van der Waals surface area (Å²) in [6.07, 6.45) is 1.85. The lowest BCUT2D eigenvalue weighted by molar-refractivity contribution is -0.385. The quantitative estimate of drug-likeness (QED) is 0.528. The predicted molar refractivity (Wildman–Crippen MR) is 84.0 cm³/mol. The van der Waals surface area contributed by atoms with Crippen molar-refractivity contribution in [2.24, 2.45) is 0 Å². The highest BCUT2D eigenvalue weighted by Gasteiger charge is 2.20. The third kappa shape index (κ3) is 3.61. The van der Waals surface area contributed by atoms with E-state index in [2.05, 4.69) is 5.32 Å². The monoisotopic (exact) mass is 302 g/mol. The van der Waals surface area contributed by atoms with Crippen LogP contribution < -0.4 is 5.32 Å². The van der Waals surface area contributed by atoms with Gasteiger partial charge in [0.15, 0.2) is 0 Å². The van der Waals surface area contributed by atoms with E-state index in [1.807, 2.05) is 31.4 Å². The number of aryl methyl sites for hydroxylation is 1. The fraction of sp³-hybridized carbons (Fsp3) is 0.133. The minimum absolute atomic E-state index is 0.0633. The molecular formula is C15H14N2O3S. The van der Waals surface area contributed by atoms with Crippen molar-refractivity contribution in [3.05, 3.63) is 63.7 Å². The van der Waals surface area contributed by atoms with Crippen molar-refractivity contribution >= 4 is 29.0 Å². The van der Waals surface area contributed by atoms with Crippen LogP contribution in [0.25, 0.3) is 0 Å². The normalized spacial score (nSPS) is 10.2. The first kappa shape index (κ1) is 15.1. The third-order valence-corrected chi connectivity index (χ3v) is 3.65. The molecule has 108 valence electrons. The van der Waals surface area contributed by atoms with Crippen LogP contribution in [-0.4, -0.2) is 17.1 Å². The molecule has 0 aliphatic rings. The van der Waals surface area contributed by atoms with E-state index in [4.69, 9.17) is 0 Å². The predicted octanol–water partition coefficient (Wildman–Crippen LogP) is 3.88. The van der Waals surface area contributed by atoms with E-state index in [1.165, 1.54) is 23.9 Å². The number of hydrogen-bond donors (Lipinski definition) is 1. The first-order valence-electron chi connectivity index (χ1n) is 6.21. The summed E-state index contributed by atoms with van der Waals surface area (Å²) in [6.45, 7) is 1.91. The maximum atomic E-state index is 12.3. The van der Waals surface area contributed by atoms with Gasteiger partial charge in [0.2, 0.25) is 0 Å². The smallest absolute Gasteiger partial charge is 0.282 e. The molecule has 2 aromatic rings. The van der Waals surface area contributed by atoms with Crippen molar-refractivity contribution < 1.29 is 9.72 Å². The highest BCUT2D eigenvalue weighted by molar-refractivity contribution is 7.98. The van der Waals surface area contributed by atoms with Gasteiger partial charge in [-0.05, 0) is 43.0 Å². The fourth-order valence-electron chi connectivity index (χ4n) is 1.90. The van der Waals surface area contributed by atoms with Crippen LogP contribution in [0, 0.1) is 17.0 Å². The van der Waals surface area contributed by atoms with Crippen LogP contribution >= 0.6 is 11.8 Å². The van der Waals surface area contributed by atoms with Crippen LogP contribution in [0.2, 0.25) is 0 Å². The number of carbonyl (C=O) groups is 1. The first-order valence-corrected chi connectivity index (χ1v) is 7.44. The molecule has 21 heavy (non-hydrogen) atoms. The number of carbonyl (C=O) groups excluding carboxylic acids is 1. The molecule has 0 bridgehead atoms. The molecule has 0 radical (unpaired) electrons. The van der Waals surface area contributed by atoms with Crippen molar-refractivity contribution in [1.29, 1.82) is 0 Å². The molecule has 0 aliphatic heterocycles. The molecule has 5 nitrogen and oxygen atoms in total. The number of nitrogens with one attached hydrogen (secondary N) is 1. The number of anilines is 1.